The molecule has 1 amide bonds. The number of nitrogens with one attached hydrogen (secondary N) is 1. The van der Waals surface area contributed by atoms with Crippen LogP contribution in [0.2, 0.25) is 10.0 Å². The van der Waals surface area contributed by atoms with E-state index in [1.54, 1.807) is 18.2 Å². The van der Waals surface area contributed by atoms with Crippen LogP contribution in [0.3, 0.4) is 0 Å². The van der Waals surface area contributed by atoms with Gasteiger partial charge in [-0.05, 0) is 49.2 Å². The van der Waals surface area contributed by atoms with Gasteiger partial charge in [-0.3, -0.25) is 4.79 Å². The smallest absolute Gasteiger partial charge is 0.234 e. The van der Waals surface area contributed by atoms with Gasteiger partial charge in [0.05, 0.1) is 16.5 Å². The average molecular weight is 465 g/mol. The van der Waals surface area contributed by atoms with Crippen molar-refractivity contribution in [2.75, 3.05) is 11.1 Å². The van der Waals surface area contributed by atoms with Crippen LogP contribution in [0.4, 0.5) is 5.69 Å². The molecule has 6 nitrogen and oxygen atoms in total. The Morgan fingerprint density at radius 1 is 1.20 bits per heavy atom. The molecular formula is C21H22Cl2N4O2S. The summed E-state index contributed by atoms with van der Waals surface area (Å²) in [4.78, 5) is 12.3. The van der Waals surface area contributed by atoms with Crippen molar-refractivity contribution in [3.63, 3.8) is 0 Å². The van der Waals surface area contributed by atoms with Crippen molar-refractivity contribution < 1.29 is 9.53 Å². The summed E-state index contributed by atoms with van der Waals surface area (Å²) < 4.78 is 7.82. The van der Waals surface area contributed by atoms with E-state index >= 15 is 0 Å². The Morgan fingerprint density at radius 2 is 1.93 bits per heavy atom. The van der Waals surface area contributed by atoms with Gasteiger partial charge in [0.15, 0.2) is 17.1 Å². The van der Waals surface area contributed by atoms with E-state index in [0.29, 0.717) is 26.7 Å². The molecule has 0 unspecified atom stereocenters. The number of hydrogen-bond donors (Lipinski definition) is 1. The Bertz CT molecular complexity index is 1020. The Balaban J connectivity index is 1.58. The number of carbonyl (C=O) groups is 1. The highest BCUT2D eigenvalue weighted by Crippen LogP contribution is 2.27. The molecule has 1 aromatic heterocycles. The van der Waals surface area contributed by atoms with Crippen LogP contribution in [-0.2, 0) is 18.3 Å². The Morgan fingerprint density at radius 3 is 2.60 bits per heavy atom. The molecule has 0 fully saturated rings. The van der Waals surface area contributed by atoms with Gasteiger partial charge in [0, 0.05) is 12.1 Å². The number of anilines is 1. The summed E-state index contributed by atoms with van der Waals surface area (Å²) in [5, 5.41) is 12.7. The monoisotopic (exact) mass is 464 g/mol. The van der Waals surface area contributed by atoms with Gasteiger partial charge in [0.2, 0.25) is 5.91 Å². The second-order valence-corrected chi connectivity index (χ2v) is 8.40. The second kappa shape index (κ2) is 10.2. The van der Waals surface area contributed by atoms with Crippen LogP contribution in [0.15, 0.2) is 47.6 Å². The Hall–Kier alpha value is -2.22. The molecule has 1 N–H and O–H groups in total. The lowest BCUT2D eigenvalue weighted by atomic mass is 10.2. The number of halogens is 2. The van der Waals surface area contributed by atoms with Gasteiger partial charge in [-0.25, -0.2) is 0 Å². The number of rotatable bonds is 8. The van der Waals surface area contributed by atoms with E-state index in [1.807, 2.05) is 42.8 Å². The summed E-state index contributed by atoms with van der Waals surface area (Å²) in [6, 6.07) is 12.9. The normalized spacial score (nSPS) is 11.9. The highest BCUT2D eigenvalue weighted by molar-refractivity contribution is 7.99. The van der Waals surface area contributed by atoms with Gasteiger partial charge in [-0.15, -0.1) is 10.2 Å². The molecule has 0 aliphatic rings. The summed E-state index contributed by atoms with van der Waals surface area (Å²) in [6.45, 7) is 4.03. The van der Waals surface area contributed by atoms with Gasteiger partial charge in [-0.2, -0.15) is 0 Å². The molecule has 1 heterocycles. The Labute approximate surface area is 189 Å². The summed E-state index contributed by atoms with van der Waals surface area (Å²) >= 11 is 13.3. The molecule has 1 atom stereocenters. The molecule has 0 spiro atoms. The van der Waals surface area contributed by atoms with Gasteiger partial charge in [0.25, 0.3) is 0 Å². The zero-order chi connectivity index (χ0) is 21.7. The van der Waals surface area contributed by atoms with E-state index in [-0.39, 0.29) is 17.8 Å². The molecular weight excluding hydrogens is 443 g/mol. The number of amides is 1. The van der Waals surface area contributed by atoms with Crippen molar-refractivity contribution in [1.82, 2.24) is 14.8 Å². The quantitative estimate of drug-likeness (QED) is 0.442. The third-order valence-corrected chi connectivity index (χ3v) is 5.98. The number of nitrogens with zero attached hydrogens (tertiary/aromatic N) is 3. The van der Waals surface area contributed by atoms with Crippen LogP contribution in [-0.4, -0.2) is 26.4 Å². The van der Waals surface area contributed by atoms with E-state index in [2.05, 4.69) is 22.4 Å². The Kier molecular flexibility index (Phi) is 7.64. The minimum absolute atomic E-state index is 0.165. The summed E-state index contributed by atoms with van der Waals surface area (Å²) in [7, 11) is 1.85. The number of benzene rings is 2. The van der Waals surface area contributed by atoms with E-state index < -0.39 is 0 Å². The summed E-state index contributed by atoms with van der Waals surface area (Å²) in [5.74, 6) is 1.42. The lowest BCUT2D eigenvalue weighted by Crippen LogP contribution is -2.15. The fourth-order valence-electron chi connectivity index (χ4n) is 2.77. The van der Waals surface area contributed by atoms with Crippen LogP contribution in [0, 0.1) is 0 Å². The molecule has 0 bridgehead atoms. The standard InChI is InChI=1S/C21H22Cl2N4O2S/c1-4-14-5-8-16(9-6-14)29-13(2)20-25-26-21(27(20)3)30-12-19(28)24-18-10-7-15(22)11-17(18)23/h5-11,13H,4,12H2,1-3H3,(H,24,28)/t13-/m0/s1. The molecule has 0 saturated carbocycles. The molecule has 0 aliphatic heterocycles. The highest BCUT2D eigenvalue weighted by atomic mass is 35.5. The van der Waals surface area contributed by atoms with Crippen LogP contribution in [0.1, 0.15) is 31.3 Å². The molecule has 2 aromatic carbocycles. The number of aryl methyl sites for hydroxylation is 1. The van der Waals surface area contributed by atoms with Crippen molar-refractivity contribution in [3.8, 4) is 5.75 Å². The third-order valence-electron chi connectivity index (χ3n) is 4.41. The lowest BCUT2D eigenvalue weighted by Gasteiger charge is -2.14. The molecule has 0 aliphatic carbocycles. The SMILES string of the molecule is CCc1ccc(O[C@@H](C)c2nnc(SCC(=O)Nc3ccc(Cl)cc3Cl)n2C)cc1. The van der Waals surface area contributed by atoms with Gasteiger partial charge in [-0.1, -0.05) is 54.0 Å². The first kappa shape index (κ1) is 22.5. The largest absolute Gasteiger partial charge is 0.483 e. The molecule has 3 rings (SSSR count). The topological polar surface area (TPSA) is 69.0 Å². The maximum absolute atomic E-state index is 12.3. The predicted octanol–water partition coefficient (Wildman–Crippen LogP) is 5.56. The molecule has 9 heteroatoms. The minimum atomic E-state index is -0.286. The van der Waals surface area contributed by atoms with Crippen molar-refractivity contribution in [2.45, 2.75) is 31.5 Å². The van der Waals surface area contributed by atoms with Gasteiger partial charge >= 0.3 is 0 Å². The lowest BCUT2D eigenvalue weighted by molar-refractivity contribution is -0.113. The third kappa shape index (κ3) is 5.68. The number of hydrogen-bond acceptors (Lipinski definition) is 5. The molecule has 30 heavy (non-hydrogen) atoms. The zero-order valence-electron chi connectivity index (χ0n) is 16.9. The fourth-order valence-corrected chi connectivity index (χ4v) is 3.95. The maximum atomic E-state index is 12.3. The van der Waals surface area contributed by atoms with Gasteiger partial charge in [0.1, 0.15) is 5.75 Å². The van der Waals surface area contributed by atoms with E-state index in [9.17, 15) is 4.79 Å². The number of aromatic nitrogens is 3. The highest BCUT2D eigenvalue weighted by Gasteiger charge is 2.18. The summed E-state index contributed by atoms with van der Waals surface area (Å²) in [6.07, 6.45) is 0.698. The summed E-state index contributed by atoms with van der Waals surface area (Å²) in [5.41, 5.74) is 1.77. The first-order chi connectivity index (χ1) is 14.4. The van der Waals surface area contributed by atoms with Crippen LogP contribution >= 0.6 is 35.0 Å². The first-order valence-electron chi connectivity index (χ1n) is 9.40. The van der Waals surface area contributed by atoms with Crippen molar-refractivity contribution in [2.24, 2.45) is 7.05 Å². The number of ether oxygens (including phenoxy) is 1. The number of thioether (sulfide) groups is 1. The van der Waals surface area contributed by atoms with Crippen LogP contribution in [0.5, 0.6) is 5.75 Å². The van der Waals surface area contributed by atoms with Crippen molar-refractivity contribution in [1.29, 1.82) is 0 Å². The number of carbonyl (C=O) groups excluding carboxylic acids is 1. The molecule has 158 valence electrons. The molecule has 3 aromatic rings. The van der Waals surface area contributed by atoms with E-state index in [1.165, 1.54) is 17.3 Å². The second-order valence-electron chi connectivity index (χ2n) is 6.62. The average Bonchev–Trinajstić information content (AvgIpc) is 3.09. The fraction of sp³-hybridized carbons (Fsp3) is 0.286. The van der Waals surface area contributed by atoms with E-state index in [0.717, 1.165) is 12.2 Å². The van der Waals surface area contributed by atoms with E-state index in [4.69, 9.17) is 27.9 Å². The van der Waals surface area contributed by atoms with Gasteiger partial charge < -0.3 is 14.6 Å². The zero-order valence-corrected chi connectivity index (χ0v) is 19.2. The van der Waals surface area contributed by atoms with Crippen molar-refractivity contribution in [3.05, 3.63) is 63.9 Å². The van der Waals surface area contributed by atoms with Crippen LogP contribution < -0.4 is 10.1 Å². The molecule has 0 saturated heterocycles. The van der Waals surface area contributed by atoms with Crippen molar-refractivity contribution >= 4 is 46.6 Å². The maximum Gasteiger partial charge on any atom is 0.234 e. The molecule has 0 radical (unpaired) electrons. The minimum Gasteiger partial charge on any atom is -0.483 e. The predicted molar refractivity (Wildman–Crippen MR) is 122 cm³/mol. The first-order valence-corrected chi connectivity index (χ1v) is 11.1. The van der Waals surface area contributed by atoms with Crippen LogP contribution in [0.25, 0.3) is 0 Å².